The van der Waals surface area contributed by atoms with Crippen LogP contribution >= 0.6 is 12.6 Å². The molecule has 0 unspecified atom stereocenters. The highest BCUT2D eigenvalue weighted by Crippen LogP contribution is 2.07. The number of benzene rings is 1. The van der Waals surface area contributed by atoms with Crippen LogP contribution in [0.15, 0.2) is 30.3 Å². The van der Waals surface area contributed by atoms with Gasteiger partial charge in [0.15, 0.2) is 0 Å². The summed E-state index contributed by atoms with van der Waals surface area (Å²) in [5, 5.41) is 0. The summed E-state index contributed by atoms with van der Waals surface area (Å²) in [6, 6.07) is 9.37. The van der Waals surface area contributed by atoms with Gasteiger partial charge in [-0.05, 0) is 12.1 Å². The molecule has 0 atom stereocenters. The highest BCUT2D eigenvalue weighted by molar-refractivity contribution is 7.81. The summed E-state index contributed by atoms with van der Waals surface area (Å²) in [5.41, 5.74) is 0. The zero-order valence-corrected chi connectivity index (χ0v) is 8.57. The van der Waals surface area contributed by atoms with E-state index in [1.807, 2.05) is 30.3 Å². The number of hydrogen-bond donors (Lipinski definition) is 1. The van der Waals surface area contributed by atoms with Crippen molar-refractivity contribution >= 4 is 18.6 Å². The van der Waals surface area contributed by atoms with E-state index in [1.165, 1.54) is 0 Å². The van der Waals surface area contributed by atoms with Crippen LogP contribution in [0.4, 0.5) is 0 Å². The zero-order valence-electron chi connectivity index (χ0n) is 7.68. The molecule has 0 saturated heterocycles. The highest BCUT2D eigenvalue weighted by atomic mass is 32.1. The molecule has 0 aliphatic rings. The van der Waals surface area contributed by atoms with Crippen LogP contribution in [-0.2, 0) is 9.53 Å². The molecule has 0 aliphatic carbocycles. The SMILES string of the molecule is O=C(CS)OCCOc1ccccc1. The Morgan fingerprint density at radius 2 is 1.93 bits per heavy atom. The van der Waals surface area contributed by atoms with Gasteiger partial charge in [-0.2, -0.15) is 12.6 Å². The molecule has 14 heavy (non-hydrogen) atoms. The fourth-order valence-corrected chi connectivity index (χ4v) is 0.969. The minimum absolute atomic E-state index is 0.103. The zero-order chi connectivity index (χ0) is 10.2. The first-order valence-corrected chi connectivity index (χ1v) is 4.90. The number of esters is 1. The summed E-state index contributed by atoms with van der Waals surface area (Å²) in [7, 11) is 0. The first-order chi connectivity index (χ1) is 6.83. The molecule has 0 heterocycles. The van der Waals surface area contributed by atoms with Gasteiger partial charge in [0.05, 0.1) is 5.75 Å². The molecule has 0 radical (unpaired) electrons. The van der Waals surface area contributed by atoms with Gasteiger partial charge in [-0.1, -0.05) is 18.2 Å². The van der Waals surface area contributed by atoms with E-state index in [9.17, 15) is 4.79 Å². The van der Waals surface area contributed by atoms with Gasteiger partial charge >= 0.3 is 5.97 Å². The van der Waals surface area contributed by atoms with E-state index in [1.54, 1.807) is 0 Å². The van der Waals surface area contributed by atoms with E-state index < -0.39 is 0 Å². The van der Waals surface area contributed by atoms with Gasteiger partial charge in [0.1, 0.15) is 19.0 Å². The maximum atomic E-state index is 10.7. The van der Waals surface area contributed by atoms with E-state index in [0.29, 0.717) is 6.61 Å². The minimum Gasteiger partial charge on any atom is -0.490 e. The highest BCUT2D eigenvalue weighted by Gasteiger charge is 1.98. The molecule has 1 aromatic rings. The predicted octanol–water partition coefficient (Wildman–Crippen LogP) is 1.54. The Hall–Kier alpha value is -1.16. The Balaban J connectivity index is 2.13. The standard InChI is InChI=1S/C10H12O3S/c11-10(8-14)13-7-6-12-9-4-2-1-3-5-9/h1-5,14H,6-8H2. The van der Waals surface area contributed by atoms with Crippen LogP contribution in [0.25, 0.3) is 0 Å². The third-order valence-electron chi connectivity index (χ3n) is 1.49. The molecule has 0 spiro atoms. The number of ether oxygens (including phenoxy) is 2. The summed E-state index contributed by atoms with van der Waals surface area (Å²) < 4.78 is 10.1. The molecule has 0 aromatic heterocycles. The van der Waals surface area contributed by atoms with E-state index in [-0.39, 0.29) is 18.3 Å². The van der Waals surface area contributed by atoms with Gasteiger partial charge in [0.25, 0.3) is 0 Å². The normalized spacial score (nSPS) is 9.50. The van der Waals surface area contributed by atoms with Crippen molar-refractivity contribution in [2.24, 2.45) is 0 Å². The summed E-state index contributed by atoms with van der Waals surface area (Å²) in [6.45, 7) is 0.623. The molecule has 0 fully saturated rings. The van der Waals surface area contributed by atoms with Crippen molar-refractivity contribution < 1.29 is 14.3 Å². The third-order valence-corrected chi connectivity index (χ3v) is 1.75. The fourth-order valence-electron chi connectivity index (χ4n) is 0.877. The summed E-state index contributed by atoms with van der Waals surface area (Å²) in [5.74, 6) is 0.546. The Morgan fingerprint density at radius 3 is 2.57 bits per heavy atom. The van der Waals surface area contributed by atoms with Gasteiger partial charge in [0, 0.05) is 0 Å². The topological polar surface area (TPSA) is 35.5 Å². The summed E-state index contributed by atoms with van der Waals surface area (Å²) in [6.07, 6.45) is 0. The molecule has 1 aromatic carbocycles. The number of rotatable bonds is 5. The average Bonchev–Trinajstić information content (AvgIpc) is 2.25. The van der Waals surface area contributed by atoms with E-state index in [2.05, 4.69) is 12.6 Å². The van der Waals surface area contributed by atoms with Crippen molar-refractivity contribution in [3.05, 3.63) is 30.3 Å². The second-order valence-electron chi connectivity index (χ2n) is 2.54. The Morgan fingerprint density at radius 1 is 1.21 bits per heavy atom. The Kier molecular flexibility index (Phi) is 4.93. The van der Waals surface area contributed by atoms with Crippen LogP contribution < -0.4 is 4.74 Å². The Bertz CT molecular complexity index is 274. The van der Waals surface area contributed by atoms with E-state index in [4.69, 9.17) is 9.47 Å². The molecule has 0 saturated carbocycles. The molecule has 3 nitrogen and oxygen atoms in total. The molecule has 4 heteroatoms. The molecule has 0 bridgehead atoms. The van der Waals surface area contributed by atoms with E-state index >= 15 is 0 Å². The maximum Gasteiger partial charge on any atom is 0.315 e. The van der Waals surface area contributed by atoms with Crippen LogP contribution in [0, 0.1) is 0 Å². The van der Waals surface area contributed by atoms with Crippen molar-refractivity contribution in [1.29, 1.82) is 0 Å². The van der Waals surface area contributed by atoms with Crippen molar-refractivity contribution in [1.82, 2.24) is 0 Å². The van der Waals surface area contributed by atoms with Crippen molar-refractivity contribution in [2.75, 3.05) is 19.0 Å². The molecule has 1 rings (SSSR count). The lowest BCUT2D eigenvalue weighted by molar-refractivity contribution is -0.141. The second kappa shape index (κ2) is 6.32. The molecule has 0 aliphatic heterocycles. The average molecular weight is 212 g/mol. The van der Waals surface area contributed by atoms with Crippen LogP contribution in [-0.4, -0.2) is 24.9 Å². The van der Waals surface area contributed by atoms with Gasteiger partial charge in [-0.3, -0.25) is 4.79 Å². The van der Waals surface area contributed by atoms with Crippen molar-refractivity contribution in [3.63, 3.8) is 0 Å². The number of carbonyl (C=O) groups is 1. The number of hydrogen-bond acceptors (Lipinski definition) is 4. The molecular formula is C10H12O3S. The molecule has 0 N–H and O–H groups in total. The molecule has 0 amide bonds. The third kappa shape index (κ3) is 4.18. The smallest absolute Gasteiger partial charge is 0.315 e. The van der Waals surface area contributed by atoms with Crippen LogP contribution in [0.5, 0.6) is 5.75 Å². The Labute approximate surface area is 88.4 Å². The first-order valence-electron chi connectivity index (χ1n) is 4.27. The first kappa shape index (κ1) is 10.9. The van der Waals surface area contributed by atoms with E-state index in [0.717, 1.165) is 5.75 Å². The van der Waals surface area contributed by atoms with Crippen molar-refractivity contribution in [3.8, 4) is 5.75 Å². The summed E-state index contributed by atoms with van der Waals surface area (Å²) >= 11 is 3.77. The number of carbonyl (C=O) groups excluding carboxylic acids is 1. The van der Waals surface area contributed by atoms with Gasteiger partial charge in [-0.25, -0.2) is 0 Å². The lowest BCUT2D eigenvalue weighted by Crippen LogP contribution is -2.12. The van der Waals surface area contributed by atoms with Gasteiger partial charge in [0.2, 0.25) is 0 Å². The number of para-hydroxylation sites is 1. The lowest BCUT2D eigenvalue weighted by Gasteiger charge is -2.05. The summed E-state index contributed by atoms with van der Waals surface area (Å²) in [4.78, 5) is 10.7. The lowest BCUT2D eigenvalue weighted by atomic mass is 10.3. The van der Waals surface area contributed by atoms with Gasteiger partial charge < -0.3 is 9.47 Å². The predicted molar refractivity (Wildman–Crippen MR) is 56.7 cm³/mol. The van der Waals surface area contributed by atoms with Crippen LogP contribution in [0.2, 0.25) is 0 Å². The van der Waals surface area contributed by atoms with Crippen molar-refractivity contribution in [2.45, 2.75) is 0 Å². The maximum absolute atomic E-state index is 10.7. The minimum atomic E-state index is -0.329. The molecule has 76 valence electrons. The quantitative estimate of drug-likeness (QED) is 0.457. The van der Waals surface area contributed by atoms with Crippen LogP contribution in [0.3, 0.4) is 0 Å². The second-order valence-corrected chi connectivity index (χ2v) is 2.86. The fraction of sp³-hybridized carbons (Fsp3) is 0.300. The largest absolute Gasteiger partial charge is 0.490 e. The molecular weight excluding hydrogens is 200 g/mol. The van der Waals surface area contributed by atoms with Crippen LogP contribution in [0.1, 0.15) is 0 Å². The number of thiol groups is 1. The monoisotopic (exact) mass is 212 g/mol. The van der Waals surface area contributed by atoms with Gasteiger partial charge in [-0.15, -0.1) is 0 Å².